The van der Waals surface area contributed by atoms with E-state index in [1.54, 1.807) is 26.3 Å². The SMILES string of the molecule is CCCCCc1c(CCCC[C@@H]2C=CC(O)=C[C@@H]2C[C@H]2CC(=O)CCc3ccc(OC)c(c3)OCc3c(C(O)O)cc4c(c(O)cc5c4c3C=C[C@H]5C)[C@@H](Cc3ccccc3)C#CO2)cccc1NC(N)=NC. The number of aliphatic hydroxyl groups is 3. The van der Waals surface area contributed by atoms with E-state index in [0.29, 0.717) is 53.2 Å². The molecule has 0 saturated carbocycles. The number of Topliss-reactive ketones (excluding diaryl/α,β-unsaturated/α-hetero) is 1. The van der Waals surface area contributed by atoms with E-state index in [0.717, 1.165) is 84.7 Å². The monoisotopic (exact) mass is 986 g/mol. The van der Waals surface area contributed by atoms with E-state index in [9.17, 15) is 25.2 Å². The van der Waals surface area contributed by atoms with Crippen molar-refractivity contribution in [2.75, 3.05) is 19.5 Å². The number of anilines is 1. The Morgan fingerprint density at radius 2 is 1.77 bits per heavy atom. The summed E-state index contributed by atoms with van der Waals surface area (Å²) in [6.07, 6.45) is 20.1. The number of aliphatic imine (C=N–C) groups is 1. The van der Waals surface area contributed by atoms with Crippen LogP contribution in [0.4, 0.5) is 5.69 Å². The van der Waals surface area contributed by atoms with E-state index in [1.807, 2.05) is 72.8 Å². The number of hydrogen-bond acceptors (Lipinski definition) is 9. The lowest BCUT2D eigenvalue weighted by Gasteiger charge is -2.28. The molecule has 73 heavy (non-hydrogen) atoms. The maximum Gasteiger partial charge on any atom is 0.192 e. The van der Waals surface area contributed by atoms with Crippen molar-refractivity contribution in [3.05, 3.63) is 159 Å². The van der Waals surface area contributed by atoms with Crippen LogP contribution in [0.5, 0.6) is 17.2 Å². The summed E-state index contributed by atoms with van der Waals surface area (Å²) in [5.41, 5.74) is 14.6. The summed E-state index contributed by atoms with van der Waals surface area (Å²) in [5.74, 6) is 4.28. The van der Waals surface area contributed by atoms with E-state index in [2.05, 4.69) is 60.5 Å². The molecule has 0 fully saturated rings. The number of benzene rings is 5. The van der Waals surface area contributed by atoms with Gasteiger partial charge >= 0.3 is 0 Å². The number of nitrogens with zero attached hydrogens (tertiary/aromatic N) is 1. The van der Waals surface area contributed by atoms with Crippen LogP contribution >= 0.6 is 0 Å². The lowest BCUT2D eigenvalue weighted by Crippen LogP contribution is -2.24. The number of guanidine groups is 1. The van der Waals surface area contributed by atoms with E-state index >= 15 is 0 Å². The molecule has 4 aliphatic rings. The van der Waals surface area contributed by atoms with Crippen molar-refractivity contribution in [2.24, 2.45) is 22.6 Å². The Hall–Kier alpha value is -7.00. The second kappa shape index (κ2) is 24.6. The van der Waals surface area contributed by atoms with Crippen molar-refractivity contribution >= 4 is 34.3 Å². The molecule has 382 valence electrons. The summed E-state index contributed by atoms with van der Waals surface area (Å²) in [6.45, 7) is 4.27. The van der Waals surface area contributed by atoms with Gasteiger partial charge in [-0.15, -0.1) is 0 Å². The van der Waals surface area contributed by atoms with Crippen molar-refractivity contribution in [3.63, 3.8) is 0 Å². The number of fused-ring (bicyclic) bond motifs is 9. The third-order valence-corrected chi connectivity index (χ3v) is 14.8. The number of phenolic OH excluding ortho intramolecular Hbond substituents is 1. The zero-order valence-electron chi connectivity index (χ0n) is 42.7. The second-order valence-electron chi connectivity index (χ2n) is 19.8. The highest BCUT2D eigenvalue weighted by Gasteiger charge is 2.30. The van der Waals surface area contributed by atoms with Gasteiger partial charge in [0.2, 0.25) is 0 Å². The van der Waals surface area contributed by atoms with Crippen molar-refractivity contribution in [3.8, 4) is 29.3 Å². The quantitative estimate of drug-likeness (QED) is 0.0183. The first-order chi connectivity index (χ1) is 35.4. The molecular formula is C62H71N3O8. The van der Waals surface area contributed by atoms with Gasteiger partial charge in [0.25, 0.3) is 0 Å². The number of aliphatic hydroxyl groups excluding tert-OH is 2. The highest BCUT2D eigenvalue weighted by Crippen LogP contribution is 2.47. The van der Waals surface area contributed by atoms with Crippen LogP contribution < -0.4 is 20.5 Å². The predicted molar refractivity (Wildman–Crippen MR) is 291 cm³/mol. The predicted octanol–water partition coefficient (Wildman–Crippen LogP) is 12.0. The number of aromatic hydroxyl groups is 1. The summed E-state index contributed by atoms with van der Waals surface area (Å²) in [5, 5.41) is 50.0. The maximum absolute atomic E-state index is 14.1. The summed E-state index contributed by atoms with van der Waals surface area (Å²) < 4.78 is 18.8. The average Bonchev–Trinajstić information content (AvgIpc) is 3.38. The number of unbranched alkanes of at least 4 members (excludes halogenated alkanes) is 3. The minimum atomic E-state index is -1.86. The molecule has 5 aromatic rings. The zero-order valence-corrected chi connectivity index (χ0v) is 42.7. The van der Waals surface area contributed by atoms with Gasteiger partial charge in [-0.3, -0.25) is 9.79 Å². The number of nitrogens with two attached hydrogens (primary N) is 1. The minimum absolute atomic E-state index is 0.00769. The third kappa shape index (κ3) is 12.8. The Kier molecular flexibility index (Phi) is 17.6. The fraction of sp³-hybridized carbons (Fsp3) is 0.387. The number of methoxy groups -OCH3 is 1. The Labute approximate surface area is 430 Å². The van der Waals surface area contributed by atoms with Gasteiger partial charge < -0.3 is 45.7 Å². The van der Waals surface area contributed by atoms with Gasteiger partial charge in [-0.05, 0) is 150 Å². The molecule has 5 atom stereocenters. The highest BCUT2D eigenvalue weighted by atomic mass is 16.5. The average molecular weight is 986 g/mol. The molecule has 2 aliphatic carbocycles. The molecule has 0 unspecified atom stereocenters. The van der Waals surface area contributed by atoms with Crippen molar-refractivity contribution < 1.29 is 39.4 Å². The van der Waals surface area contributed by atoms with Gasteiger partial charge in [0.1, 0.15) is 36.1 Å². The standard InChI is InChI=1S/C62H71N3O8/c1-5-6-8-19-49-43(18-13-20-55(49)65-62(63)64-3)17-12-11-16-42-24-26-46(66)33-45(42)34-48-35-47(67)25-22-41-23-28-57(71-4)58(32-41)73-38-54-50-27-21-39(2)51-37-56(68)59(53(60(50)51)36-52(54)61(69)70)44(29-30-72-48)31-40-14-9-7-10-15-40/h7,9-10,13-15,18,20-21,23-24,26-28,32-33,36-37,39,42,44-45,48,61,66,68-70H,5-6,8,11-12,16-17,19,22,25,31,34-35,38H2,1-4H3,(H3,63,64,65)/t39-,42-,44-,45-,48+/m1/s1. The van der Waals surface area contributed by atoms with Crippen LogP contribution in [-0.2, 0) is 41.8 Å². The molecule has 11 nitrogen and oxygen atoms in total. The number of allylic oxidation sites excluding steroid dienone is 4. The van der Waals surface area contributed by atoms with Gasteiger partial charge in [0.05, 0.1) is 13.0 Å². The Balaban J connectivity index is 1.13. The molecular weight excluding hydrogens is 915 g/mol. The number of carbonyl (C=O) groups excluding carboxylic acids is 1. The number of rotatable bonds is 16. The van der Waals surface area contributed by atoms with Gasteiger partial charge in [0, 0.05) is 48.2 Å². The minimum Gasteiger partial charge on any atom is -0.508 e. The second-order valence-corrected chi connectivity index (χ2v) is 19.8. The van der Waals surface area contributed by atoms with E-state index < -0.39 is 18.3 Å². The van der Waals surface area contributed by atoms with Crippen LogP contribution in [0.3, 0.4) is 0 Å². The van der Waals surface area contributed by atoms with Crippen LogP contribution in [0.2, 0.25) is 0 Å². The summed E-state index contributed by atoms with van der Waals surface area (Å²) in [4.78, 5) is 18.2. The Bertz CT molecular complexity index is 2940. The van der Waals surface area contributed by atoms with Gasteiger partial charge in [-0.1, -0.05) is 106 Å². The molecule has 7 N–H and O–H groups in total. The highest BCUT2D eigenvalue weighted by molar-refractivity contribution is 6.01. The van der Waals surface area contributed by atoms with Crippen LogP contribution in [0, 0.1) is 23.9 Å². The molecule has 2 heterocycles. The Morgan fingerprint density at radius 1 is 0.945 bits per heavy atom. The fourth-order valence-electron chi connectivity index (χ4n) is 10.9. The molecule has 11 heteroatoms. The number of hydrogen-bond donors (Lipinski definition) is 6. The zero-order chi connectivity index (χ0) is 51.4. The molecule has 6 bridgehead atoms. The van der Waals surface area contributed by atoms with E-state index in [1.165, 1.54) is 11.1 Å². The van der Waals surface area contributed by atoms with Crippen LogP contribution in [-0.4, -0.2) is 52.4 Å². The smallest absolute Gasteiger partial charge is 0.192 e. The molecule has 0 saturated heterocycles. The summed E-state index contributed by atoms with van der Waals surface area (Å²) >= 11 is 0. The van der Waals surface area contributed by atoms with Crippen LogP contribution in [0.1, 0.15) is 140 Å². The molecule has 0 radical (unpaired) electrons. The maximum atomic E-state index is 14.1. The number of phenols is 1. The lowest BCUT2D eigenvalue weighted by atomic mass is 9.78. The van der Waals surface area contributed by atoms with E-state index in [-0.39, 0.29) is 60.1 Å². The number of carbonyl (C=O) groups is 1. The third-order valence-electron chi connectivity index (χ3n) is 14.8. The van der Waals surface area contributed by atoms with Crippen molar-refractivity contribution in [1.82, 2.24) is 0 Å². The largest absolute Gasteiger partial charge is 0.508 e. The number of ketones is 1. The molecule has 2 aliphatic heterocycles. The van der Waals surface area contributed by atoms with Gasteiger partial charge in [-0.2, -0.15) is 0 Å². The van der Waals surface area contributed by atoms with Crippen molar-refractivity contribution in [2.45, 2.75) is 128 Å². The lowest BCUT2D eigenvalue weighted by molar-refractivity contribution is -0.121. The normalized spacial score (nSPS) is 19.9. The van der Waals surface area contributed by atoms with Gasteiger partial charge in [-0.25, -0.2) is 0 Å². The molecule has 0 spiro atoms. The molecule has 0 amide bonds. The van der Waals surface area contributed by atoms with Crippen LogP contribution in [0.25, 0.3) is 16.8 Å². The molecule has 5 aromatic carbocycles. The summed E-state index contributed by atoms with van der Waals surface area (Å²) in [6, 6.07) is 25.5. The fourth-order valence-corrected chi connectivity index (χ4v) is 10.9. The van der Waals surface area contributed by atoms with E-state index in [4.69, 9.17) is 19.9 Å². The topological polar surface area (TPSA) is 176 Å². The van der Waals surface area contributed by atoms with Crippen molar-refractivity contribution in [1.29, 1.82) is 0 Å². The summed E-state index contributed by atoms with van der Waals surface area (Å²) in [7, 11) is 3.25. The first-order valence-corrected chi connectivity index (χ1v) is 26.0. The Morgan fingerprint density at radius 3 is 2.55 bits per heavy atom. The first kappa shape index (κ1) is 52.3. The van der Waals surface area contributed by atoms with Gasteiger partial charge in [0.15, 0.2) is 23.7 Å². The number of aryl methyl sites for hydroxylation is 2. The number of ether oxygens (including phenoxy) is 3. The first-order valence-electron chi connectivity index (χ1n) is 26.0. The van der Waals surface area contributed by atoms with Crippen LogP contribution in [0.15, 0.2) is 114 Å². The molecule has 9 rings (SSSR count). The number of nitrogens with one attached hydrogen (secondary N) is 1. The molecule has 0 aromatic heterocycles.